The van der Waals surface area contributed by atoms with Crippen LogP contribution in [0, 0.1) is 5.92 Å². The summed E-state index contributed by atoms with van der Waals surface area (Å²) in [4.78, 5) is 10.8. The molecular formula is C16H17NO2. The van der Waals surface area contributed by atoms with E-state index < -0.39 is 11.9 Å². The summed E-state index contributed by atoms with van der Waals surface area (Å²) in [6, 6.07) is 18.0. The van der Waals surface area contributed by atoms with Crippen LogP contribution in [0.5, 0.6) is 0 Å². The summed E-state index contributed by atoms with van der Waals surface area (Å²) in [6.45, 7) is 2.11. The smallest absolute Gasteiger partial charge is 0.308 e. The number of para-hydroxylation sites is 1. The van der Waals surface area contributed by atoms with Gasteiger partial charge in [-0.25, -0.2) is 0 Å². The summed E-state index contributed by atoms with van der Waals surface area (Å²) in [5, 5.41) is 12.1. The van der Waals surface area contributed by atoms with Crippen LogP contribution < -0.4 is 5.32 Å². The van der Waals surface area contributed by atoms with E-state index in [2.05, 4.69) is 5.32 Å². The Bertz CT molecular complexity index is 552. The molecule has 0 aliphatic heterocycles. The third kappa shape index (κ3) is 3.35. The van der Waals surface area contributed by atoms with Gasteiger partial charge in [0.15, 0.2) is 0 Å². The summed E-state index contributed by atoms with van der Waals surface area (Å²) in [6.07, 6.45) is 0. The number of carboxylic acids is 1. The van der Waals surface area contributed by atoms with Gasteiger partial charge in [-0.3, -0.25) is 4.79 Å². The number of anilines is 1. The second-order valence-corrected chi connectivity index (χ2v) is 4.53. The van der Waals surface area contributed by atoms with Crippen LogP contribution in [0.2, 0.25) is 0 Å². The van der Waals surface area contributed by atoms with E-state index in [4.69, 9.17) is 5.11 Å². The van der Waals surface area contributed by atoms with Gasteiger partial charge >= 0.3 is 5.97 Å². The summed E-state index contributed by atoms with van der Waals surface area (Å²) in [5.74, 6) is -1.20. The quantitative estimate of drug-likeness (QED) is 0.859. The van der Waals surface area contributed by atoms with Gasteiger partial charge in [0.1, 0.15) is 0 Å². The normalized spacial score (nSPS) is 11.8. The van der Waals surface area contributed by atoms with Crippen molar-refractivity contribution in [1.29, 1.82) is 0 Å². The number of benzene rings is 2. The zero-order valence-corrected chi connectivity index (χ0v) is 10.8. The molecule has 0 heterocycles. The van der Waals surface area contributed by atoms with Gasteiger partial charge in [0.2, 0.25) is 0 Å². The number of aliphatic carboxylic acids is 1. The molecule has 1 unspecified atom stereocenters. The van der Waals surface area contributed by atoms with Gasteiger partial charge in [-0.1, -0.05) is 55.5 Å². The van der Waals surface area contributed by atoms with E-state index in [1.807, 2.05) is 54.6 Å². The van der Waals surface area contributed by atoms with Gasteiger partial charge in [-0.2, -0.15) is 0 Å². The van der Waals surface area contributed by atoms with Crippen LogP contribution in [-0.2, 0) is 4.79 Å². The molecule has 0 spiro atoms. The molecule has 0 aliphatic carbocycles. The molecule has 19 heavy (non-hydrogen) atoms. The van der Waals surface area contributed by atoms with Crippen LogP contribution in [0.25, 0.3) is 11.1 Å². The van der Waals surface area contributed by atoms with Gasteiger partial charge in [-0.15, -0.1) is 0 Å². The summed E-state index contributed by atoms with van der Waals surface area (Å²) in [5.41, 5.74) is 3.16. The molecule has 2 aromatic carbocycles. The van der Waals surface area contributed by atoms with Crippen LogP contribution in [0.4, 0.5) is 5.69 Å². The number of hydrogen-bond donors (Lipinski definition) is 2. The fourth-order valence-electron chi connectivity index (χ4n) is 1.86. The van der Waals surface area contributed by atoms with Crippen LogP contribution in [0.1, 0.15) is 6.92 Å². The highest BCUT2D eigenvalue weighted by atomic mass is 16.4. The second-order valence-electron chi connectivity index (χ2n) is 4.53. The van der Waals surface area contributed by atoms with Crippen molar-refractivity contribution in [1.82, 2.24) is 0 Å². The van der Waals surface area contributed by atoms with E-state index in [-0.39, 0.29) is 0 Å². The van der Waals surface area contributed by atoms with Gasteiger partial charge in [0.05, 0.1) is 5.92 Å². The Balaban J connectivity index is 2.20. The molecule has 2 rings (SSSR count). The predicted octanol–water partition coefficient (Wildman–Crippen LogP) is 3.49. The molecule has 0 saturated heterocycles. The van der Waals surface area contributed by atoms with E-state index >= 15 is 0 Å². The largest absolute Gasteiger partial charge is 0.481 e. The molecule has 1 atom stereocenters. The molecule has 0 saturated carbocycles. The number of nitrogens with one attached hydrogen (secondary N) is 1. The molecule has 0 radical (unpaired) electrons. The van der Waals surface area contributed by atoms with Gasteiger partial charge in [0.25, 0.3) is 0 Å². The highest BCUT2D eigenvalue weighted by molar-refractivity contribution is 5.78. The Morgan fingerprint density at radius 1 is 1.11 bits per heavy atom. The standard InChI is InChI=1S/C16H17NO2/c1-12(16(18)19)11-17-15-10-6-5-9-14(15)13-7-3-2-4-8-13/h2-10,12,17H,11H2,1H3,(H,18,19). The minimum atomic E-state index is -0.787. The summed E-state index contributed by atoms with van der Waals surface area (Å²) in [7, 11) is 0. The van der Waals surface area contributed by atoms with Crippen molar-refractivity contribution in [2.24, 2.45) is 5.92 Å². The first-order valence-corrected chi connectivity index (χ1v) is 6.29. The maximum atomic E-state index is 10.8. The monoisotopic (exact) mass is 255 g/mol. The number of hydrogen-bond acceptors (Lipinski definition) is 2. The van der Waals surface area contributed by atoms with Crippen LogP contribution in [-0.4, -0.2) is 17.6 Å². The molecule has 3 heteroatoms. The number of carbonyl (C=O) groups is 1. The zero-order valence-electron chi connectivity index (χ0n) is 10.8. The summed E-state index contributed by atoms with van der Waals surface area (Å²) < 4.78 is 0. The van der Waals surface area contributed by atoms with Crippen molar-refractivity contribution in [2.45, 2.75) is 6.92 Å². The van der Waals surface area contributed by atoms with Crippen molar-refractivity contribution in [3.8, 4) is 11.1 Å². The van der Waals surface area contributed by atoms with Crippen molar-refractivity contribution in [3.05, 3.63) is 54.6 Å². The topological polar surface area (TPSA) is 49.3 Å². The van der Waals surface area contributed by atoms with E-state index in [1.54, 1.807) is 6.92 Å². The SMILES string of the molecule is CC(CNc1ccccc1-c1ccccc1)C(=O)O. The fraction of sp³-hybridized carbons (Fsp3) is 0.188. The predicted molar refractivity (Wildman–Crippen MR) is 77.2 cm³/mol. The lowest BCUT2D eigenvalue weighted by Crippen LogP contribution is -2.19. The highest BCUT2D eigenvalue weighted by Gasteiger charge is 2.11. The van der Waals surface area contributed by atoms with Crippen LogP contribution in [0.3, 0.4) is 0 Å². The molecule has 0 amide bonds. The van der Waals surface area contributed by atoms with Gasteiger partial charge < -0.3 is 10.4 Å². The van der Waals surface area contributed by atoms with Crippen LogP contribution in [0.15, 0.2) is 54.6 Å². The van der Waals surface area contributed by atoms with Crippen molar-refractivity contribution in [2.75, 3.05) is 11.9 Å². The Morgan fingerprint density at radius 3 is 2.42 bits per heavy atom. The zero-order chi connectivity index (χ0) is 13.7. The molecule has 98 valence electrons. The molecule has 0 bridgehead atoms. The first-order valence-electron chi connectivity index (χ1n) is 6.29. The lowest BCUT2D eigenvalue weighted by atomic mass is 10.0. The molecule has 3 nitrogen and oxygen atoms in total. The van der Waals surface area contributed by atoms with Gasteiger partial charge in [0, 0.05) is 17.8 Å². The van der Waals surface area contributed by atoms with Crippen molar-refractivity contribution < 1.29 is 9.90 Å². The average molecular weight is 255 g/mol. The summed E-state index contributed by atoms with van der Waals surface area (Å²) >= 11 is 0. The Kier molecular flexibility index (Phi) is 4.18. The first-order chi connectivity index (χ1) is 9.18. The minimum absolute atomic E-state index is 0.413. The Hall–Kier alpha value is -2.29. The highest BCUT2D eigenvalue weighted by Crippen LogP contribution is 2.27. The third-order valence-corrected chi connectivity index (χ3v) is 3.03. The Morgan fingerprint density at radius 2 is 1.74 bits per heavy atom. The van der Waals surface area contributed by atoms with Crippen molar-refractivity contribution >= 4 is 11.7 Å². The molecule has 2 aromatic rings. The molecule has 0 aromatic heterocycles. The van der Waals surface area contributed by atoms with Crippen LogP contribution >= 0.6 is 0 Å². The second kappa shape index (κ2) is 6.05. The van der Waals surface area contributed by atoms with Gasteiger partial charge in [-0.05, 0) is 11.6 Å². The number of rotatable bonds is 5. The lowest BCUT2D eigenvalue weighted by molar-refractivity contribution is -0.140. The maximum absolute atomic E-state index is 10.8. The molecule has 0 fully saturated rings. The molecular weight excluding hydrogens is 238 g/mol. The first kappa shape index (κ1) is 13.1. The Labute approximate surface area is 112 Å². The third-order valence-electron chi connectivity index (χ3n) is 3.03. The van der Waals surface area contributed by atoms with E-state index in [0.29, 0.717) is 6.54 Å². The maximum Gasteiger partial charge on any atom is 0.308 e. The minimum Gasteiger partial charge on any atom is -0.481 e. The fourth-order valence-corrected chi connectivity index (χ4v) is 1.86. The lowest BCUT2D eigenvalue weighted by Gasteiger charge is -2.14. The molecule has 2 N–H and O–H groups in total. The average Bonchev–Trinajstić information content (AvgIpc) is 2.46. The van der Waals surface area contributed by atoms with Crippen molar-refractivity contribution in [3.63, 3.8) is 0 Å². The van der Waals surface area contributed by atoms with E-state index in [0.717, 1.165) is 16.8 Å². The number of carboxylic acid groups (broad SMARTS) is 1. The van der Waals surface area contributed by atoms with E-state index in [1.165, 1.54) is 0 Å². The van der Waals surface area contributed by atoms with E-state index in [9.17, 15) is 4.79 Å². The molecule has 0 aliphatic rings.